The van der Waals surface area contributed by atoms with Crippen molar-refractivity contribution < 1.29 is 0 Å². The van der Waals surface area contributed by atoms with Crippen LogP contribution in [0.1, 0.15) is 59.8 Å². The average Bonchev–Trinajstić information content (AvgIpc) is 2.43. The minimum absolute atomic E-state index is 0.155. The molecule has 0 spiro atoms. The lowest BCUT2D eigenvalue weighted by molar-refractivity contribution is 0.165. The van der Waals surface area contributed by atoms with Crippen LogP contribution in [-0.4, -0.2) is 37.1 Å². The van der Waals surface area contributed by atoms with Crippen LogP contribution >= 0.6 is 0 Å². The predicted octanol–water partition coefficient (Wildman–Crippen LogP) is 3.42. The lowest BCUT2D eigenvalue weighted by Crippen LogP contribution is -2.40. The van der Waals surface area contributed by atoms with Crippen molar-refractivity contribution in [3.63, 3.8) is 0 Å². The van der Waals surface area contributed by atoms with E-state index in [4.69, 9.17) is 5.26 Å². The number of hydrogen-bond acceptors (Lipinski definition) is 3. The Labute approximate surface area is 125 Å². The molecule has 1 rings (SSSR count). The molecule has 1 N–H and O–H groups in total. The summed E-state index contributed by atoms with van der Waals surface area (Å²) in [5.41, 5.74) is -0.155. The highest BCUT2D eigenvalue weighted by molar-refractivity contribution is 4.91. The molecule has 0 aromatic rings. The van der Waals surface area contributed by atoms with Gasteiger partial charge in [-0.2, -0.15) is 5.26 Å². The molecule has 20 heavy (non-hydrogen) atoms. The molecule has 0 bridgehead atoms. The van der Waals surface area contributed by atoms with Crippen LogP contribution in [0.3, 0.4) is 0 Å². The van der Waals surface area contributed by atoms with E-state index in [1.165, 1.54) is 45.4 Å². The van der Waals surface area contributed by atoms with Crippen LogP contribution in [0, 0.1) is 22.7 Å². The second-order valence-electron chi connectivity index (χ2n) is 7.23. The van der Waals surface area contributed by atoms with Crippen molar-refractivity contribution in [1.82, 2.24) is 10.2 Å². The van der Waals surface area contributed by atoms with Gasteiger partial charge in [-0.25, -0.2) is 0 Å². The molecule has 116 valence electrons. The lowest BCUT2D eigenvalue weighted by atomic mass is 9.89. The fraction of sp³-hybridized carbons (Fsp3) is 0.941. The van der Waals surface area contributed by atoms with Crippen LogP contribution in [0.5, 0.6) is 0 Å². The molecule has 1 heterocycles. The summed E-state index contributed by atoms with van der Waals surface area (Å²) in [6, 6.07) is 3.03. The van der Waals surface area contributed by atoms with Crippen LogP contribution < -0.4 is 5.32 Å². The largest absolute Gasteiger partial charge is 0.317 e. The van der Waals surface area contributed by atoms with Gasteiger partial charge in [0.2, 0.25) is 0 Å². The first kappa shape index (κ1) is 17.5. The van der Waals surface area contributed by atoms with Gasteiger partial charge in [-0.05, 0) is 78.9 Å². The molecule has 0 aromatic carbocycles. The Balaban J connectivity index is 2.27. The van der Waals surface area contributed by atoms with E-state index in [-0.39, 0.29) is 5.41 Å². The molecule has 1 fully saturated rings. The van der Waals surface area contributed by atoms with Gasteiger partial charge >= 0.3 is 0 Å². The van der Waals surface area contributed by atoms with Crippen molar-refractivity contribution in [3.05, 3.63) is 0 Å². The molecular formula is C17H33N3. The lowest BCUT2D eigenvalue weighted by Gasteiger charge is -2.33. The van der Waals surface area contributed by atoms with E-state index < -0.39 is 0 Å². The summed E-state index contributed by atoms with van der Waals surface area (Å²) in [6.07, 6.45) is 6.04. The van der Waals surface area contributed by atoms with E-state index in [0.29, 0.717) is 6.04 Å². The van der Waals surface area contributed by atoms with E-state index in [9.17, 15) is 0 Å². The Kier molecular flexibility index (Phi) is 7.55. The Morgan fingerprint density at radius 2 is 1.90 bits per heavy atom. The Hall–Kier alpha value is -0.590. The maximum absolute atomic E-state index is 9.04. The summed E-state index contributed by atoms with van der Waals surface area (Å²) in [4.78, 5) is 2.63. The molecule has 0 atom stereocenters. The average molecular weight is 279 g/mol. The number of nitriles is 1. The molecule has 1 aliphatic heterocycles. The summed E-state index contributed by atoms with van der Waals surface area (Å²) in [5.74, 6) is 0.870. The third kappa shape index (κ3) is 6.72. The first-order chi connectivity index (χ1) is 9.44. The van der Waals surface area contributed by atoms with Crippen molar-refractivity contribution in [3.8, 4) is 6.07 Å². The molecule has 0 aromatic heterocycles. The first-order valence-electron chi connectivity index (χ1n) is 8.30. The molecule has 0 unspecified atom stereocenters. The van der Waals surface area contributed by atoms with Gasteiger partial charge < -0.3 is 10.2 Å². The van der Waals surface area contributed by atoms with Gasteiger partial charge in [0.25, 0.3) is 0 Å². The quantitative estimate of drug-likeness (QED) is 0.692. The molecule has 1 saturated heterocycles. The number of rotatable bonds is 8. The van der Waals surface area contributed by atoms with Gasteiger partial charge in [-0.15, -0.1) is 0 Å². The number of hydrogen-bond donors (Lipinski definition) is 1. The van der Waals surface area contributed by atoms with Gasteiger partial charge in [0.05, 0.1) is 11.5 Å². The molecule has 0 amide bonds. The second-order valence-corrected chi connectivity index (χ2v) is 7.23. The summed E-state index contributed by atoms with van der Waals surface area (Å²) in [5, 5.41) is 12.5. The minimum Gasteiger partial charge on any atom is -0.317 e. The highest BCUT2D eigenvalue weighted by Crippen LogP contribution is 2.22. The highest BCUT2D eigenvalue weighted by Gasteiger charge is 2.19. The van der Waals surface area contributed by atoms with Gasteiger partial charge in [0, 0.05) is 12.6 Å². The van der Waals surface area contributed by atoms with Gasteiger partial charge in [-0.3, -0.25) is 0 Å². The highest BCUT2D eigenvalue weighted by atomic mass is 15.1. The summed E-state index contributed by atoms with van der Waals surface area (Å²) < 4.78 is 0. The predicted molar refractivity (Wildman–Crippen MR) is 85.5 cm³/mol. The smallest absolute Gasteiger partial charge is 0.0683 e. The zero-order chi connectivity index (χ0) is 15.0. The SMILES string of the molecule is CC(C)N(CCCCC(C)(C)C#N)CC1CCNCC1. The van der Waals surface area contributed by atoms with Gasteiger partial charge in [0.1, 0.15) is 0 Å². The van der Waals surface area contributed by atoms with E-state index in [2.05, 4.69) is 30.1 Å². The van der Waals surface area contributed by atoms with Crippen molar-refractivity contribution in [2.75, 3.05) is 26.2 Å². The number of nitrogens with zero attached hydrogens (tertiary/aromatic N) is 2. The standard InChI is InChI=1S/C17H33N3/c1-15(2)20(13-16-7-10-19-11-8-16)12-6-5-9-17(3,4)14-18/h15-16,19H,5-13H2,1-4H3. The topological polar surface area (TPSA) is 39.1 Å². The second kappa shape index (κ2) is 8.64. The van der Waals surface area contributed by atoms with Crippen LogP contribution in [0.4, 0.5) is 0 Å². The normalized spacial score (nSPS) is 17.6. The molecule has 1 aliphatic rings. The summed E-state index contributed by atoms with van der Waals surface area (Å²) in [6.45, 7) is 13.5. The van der Waals surface area contributed by atoms with Gasteiger partial charge in [-0.1, -0.05) is 6.42 Å². The summed E-state index contributed by atoms with van der Waals surface area (Å²) >= 11 is 0. The third-order valence-electron chi connectivity index (χ3n) is 4.48. The van der Waals surface area contributed by atoms with Crippen molar-refractivity contribution >= 4 is 0 Å². The van der Waals surface area contributed by atoms with Crippen LogP contribution in [0.15, 0.2) is 0 Å². The van der Waals surface area contributed by atoms with Crippen LogP contribution in [0.25, 0.3) is 0 Å². The molecular weight excluding hydrogens is 246 g/mol. The first-order valence-corrected chi connectivity index (χ1v) is 8.30. The van der Waals surface area contributed by atoms with Crippen LogP contribution in [0.2, 0.25) is 0 Å². The zero-order valence-corrected chi connectivity index (χ0v) is 13.9. The Morgan fingerprint density at radius 3 is 2.45 bits per heavy atom. The van der Waals surface area contributed by atoms with Gasteiger partial charge in [0.15, 0.2) is 0 Å². The van der Waals surface area contributed by atoms with Crippen molar-refractivity contribution in [1.29, 1.82) is 5.26 Å². The monoisotopic (exact) mass is 279 g/mol. The van der Waals surface area contributed by atoms with Crippen molar-refractivity contribution in [2.45, 2.75) is 65.8 Å². The molecule has 0 saturated carbocycles. The molecule has 3 nitrogen and oxygen atoms in total. The van der Waals surface area contributed by atoms with Crippen LogP contribution in [-0.2, 0) is 0 Å². The van der Waals surface area contributed by atoms with E-state index in [1.54, 1.807) is 0 Å². The Morgan fingerprint density at radius 1 is 1.25 bits per heavy atom. The minimum atomic E-state index is -0.155. The van der Waals surface area contributed by atoms with E-state index in [0.717, 1.165) is 18.8 Å². The fourth-order valence-electron chi connectivity index (χ4n) is 2.89. The number of nitrogens with one attached hydrogen (secondary N) is 1. The molecule has 3 heteroatoms. The fourth-order valence-corrected chi connectivity index (χ4v) is 2.89. The maximum Gasteiger partial charge on any atom is 0.0683 e. The Bertz CT molecular complexity index is 298. The van der Waals surface area contributed by atoms with E-state index in [1.807, 2.05) is 13.8 Å². The number of piperidine rings is 1. The third-order valence-corrected chi connectivity index (χ3v) is 4.48. The molecule has 0 radical (unpaired) electrons. The zero-order valence-electron chi connectivity index (χ0n) is 13.9. The van der Waals surface area contributed by atoms with Crippen molar-refractivity contribution in [2.24, 2.45) is 11.3 Å². The molecule has 0 aliphatic carbocycles. The maximum atomic E-state index is 9.04. The van der Waals surface area contributed by atoms with E-state index >= 15 is 0 Å². The number of unbranched alkanes of at least 4 members (excludes halogenated alkanes) is 1. The summed E-state index contributed by atoms with van der Waals surface area (Å²) in [7, 11) is 0.